The highest BCUT2D eigenvalue weighted by Crippen LogP contribution is 2.00. The predicted molar refractivity (Wildman–Crippen MR) is 60.5 cm³/mol. The summed E-state index contributed by atoms with van der Waals surface area (Å²) in [5.41, 5.74) is 1.18. The number of aliphatic hydroxyl groups excluding tert-OH is 1. The number of aryl methyl sites for hydroxylation is 1. The normalized spacial score (nSPS) is 13.0. The van der Waals surface area contributed by atoms with Gasteiger partial charge in [0.15, 0.2) is 0 Å². The van der Waals surface area contributed by atoms with Crippen LogP contribution in [-0.4, -0.2) is 27.5 Å². The van der Waals surface area contributed by atoms with E-state index in [1.54, 1.807) is 0 Å². The molecular formula is C11H21N3O. The molecule has 0 saturated carbocycles. The predicted octanol–water partition coefficient (Wildman–Crippen LogP) is 1.15. The van der Waals surface area contributed by atoms with Gasteiger partial charge >= 0.3 is 0 Å². The van der Waals surface area contributed by atoms with Crippen molar-refractivity contribution in [2.24, 2.45) is 0 Å². The standard InChI is InChI=1S/C11H21N3O/c1-3-5-14-8-10(7-13-14)6-12-11(4-2)9-15/h7-8,11-12,15H,3-6,9H2,1-2H3/t11-/m0/s1. The Kier molecular flexibility index (Phi) is 5.36. The Bertz CT molecular complexity index is 269. The minimum Gasteiger partial charge on any atom is -0.395 e. The Morgan fingerprint density at radius 2 is 2.33 bits per heavy atom. The maximum absolute atomic E-state index is 9.01. The highest BCUT2D eigenvalue weighted by molar-refractivity contribution is 5.03. The molecule has 0 aromatic carbocycles. The van der Waals surface area contributed by atoms with Gasteiger partial charge in [-0.15, -0.1) is 0 Å². The first-order chi connectivity index (χ1) is 7.30. The van der Waals surface area contributed by atoms with Gasteiger partial charge in [-0.2, -0.15) is 5.10 Å². The van der Waals surface area contributed by atoms with Crippen LogP contribution in [0.2, 0.25) is 0 Å². The topological polar surface area (TPSA) is 50.1 Å². The summed E-state index contributed by atoms with van der Waals surface area (Å²) >= 11 is 0. The fraction of sp³-hybridized carbons (Fsp3) is 0.727. The first-order valence-corrected chi connectivity index (χ1v) is 5.65. The van der Waals surface area contributed by atoms with E-state index in [4.69, 9.17) is 5.11 Å². The van der Waals surface area contributed by atoms with Crippen molar-refractivity contribution in [3.05, 3.63) is 18.0 Å². The maximum Gasteiger partial charge on any atom is 0.0584 e. The molecule has 1 atom stereocenters. The SMILES string of the molecule is CCCn1cc(CN[C@@H](CC)CO)cn1. The average molecular weight is 211 g/mol. The van der Waals surface area contributed by atoms with E-state index in [-0.39, 0.29) is 12.6 Å². The maximum atomic E-state index is 9.01. The van der Waals surface area contributed by atoms with E-state index in [0.717, 1.165) is 25.9 Å². The third-order valence-corrected chi connectivity index (χ3v) is 2.45. The van der Waals surface area contributed by atoms with E-state index < -0.39 is 0 Å². The zero-order valence-corrected chi connectivity index (χ0v) is 9.61. The van der Waals surface area contributed by atoms with Crippen LogP contribution in [0.5, 0.6) is 0 Å². The van der Waals surface area contributed by atoms with E-state index in [9.17, 15) is 0 Å². The zero-order valence-electron chi connectivity index (χ0n) is 9.61. The summed E-state index contributed by atoms with van der Waals surface area (Å²) in [6.07, 6.45) is 5.98. The summed E-state index contributed by atoms with van der Waals surface area (Å²) in [6, 6.07) is 0.194. The van der Waals surface area contributed by atoms with Crippen molar-refractivity contribution in [2.75, 3.05) is 6.61 Å². The summed E-state index contributed by atoms with van der Waals surface area (Å²) in [7, 11) is 0. The van der Waals surface area contributed by atoms with Gasteiger partial charge in [-0.1, -0.05) is 13.8 Å². The molecule has 0 spiro atoms. The van der Waals surface area contributed by atoms with E-state index >= 15 is 0 Å². The van der Waals surface area contributed by atoms with E-state index in [0.29, 0.717) is 0 Å². The van der Waals surface area contributed by atoms with Crippen LogP contribution >= 0.6 is 0 Å². The fourth-order valence-electron chi connectivity index (χ4n) is 1.45. The van der Waals surface area contributed by atoms with Crippen molar-refractivity contribution >= 4 is 0 Å². The fourth-order valence-corrected chi connectivity index (χ4v) is 1.45. The molecule has 0 bridgehead atoms. The second-order valence-corrected chi connectivity index (χ2v) is 3.78. The van der Waals surface area contributed by atoms with Gasteiger partial charge in [-0.25, -0.2) is 0 Å². The summed E-state index contributed by atoms with van der Waals surface area (Å²) in [5, 5.41) is 16.5. The summed E-state index contributed by atoms with van der Waals surface area (Å²) in [5.74, 6) is 0. The molecule has 0 unspecified atom stereocenters. The van der Waals surface area contributed by atoms with Gasteiger partial charge < -0.3 is 10.4 Å². The molecule has 15 heavy (non-hydrogen) atoms. The van der Waals surface area contributed by atoms with E-state index in [2.05, 4.69) is 30.5 Å². The van der Waals surface area contributed by atoms with Crippen LogP contribution in [0.25, 0.3) is 0 Å². The third-order valence-electron chi connectivity index (χ3n) is 2.45. The Morgan fingerprint density at radius 1 is 1.53 bits per heavy atom. The minimum absolute atomic E-state index is 0.194. The molecule has 4 heteroatoms. The van der Waals surface area contributed by atoms with Gasteiger partial charge in [-0.05, 0) is 12.8 Å². The number of nitrogens with one attached hydrogen (secondary N) is 1. The molecular weight excluding hydrogens is 190 g/mol. The number of aliphatic hydroxyl groups is 1. The second-order valence-electron chi connectivity index (χ2n) is 3.78. The Labute approximate surface area is 91.3 Å². The van der Waals surface area contributed by atoms with Crippen molar-refractivity contribution < 1.29 is 5.11 Å². The van der Waals surface area contributed by atoms with Gasteiger partial charge in [0.1, 0.15) is 0 Å². The van der Waals surface area contributed by atoms with Crippen molar-refractivity contribution in [3.63, 3.8) is 0 Å². The smallest absolute Gasteiger partial charge is 0.0584 e. The molecule has 86 valence electrons. The zero-order chi connectivity index (χ0) is 11.1. The summed E-state index contributed by atoms with van der Waals surface area (Å²) < 4.78 is 1.96. The molecule has 0 aliphatic heterocycles. The average Bonchev–Trinajstić information content (AvgIpc) is 2.68. The minimum atomic E-state index is 0.194. The lowest BCUT2D eigenvalue weighted by Crippen LogP contribution is -2.31. The largest absolute Gasteiger partial charge is 0.395 e. The summed E-state index contributed by atoms with van der Waals surface area (Å²) in [4.78, 5) is 0. The summed E-state index contributed by atoms with van der Waals surface area (Å²) in [6.45, 7) is 6.15. The van der Waals surface area contributed by atoms with Crippen LogP contribution < -0.4 is 5.32 Å². The molecule has 0 aliphatic carbocycles. The lowest BCUT2D eigenvalue weighted by molar-refractivity contribution is 0.238. The first kappa shape index (κ1) is 12.2. The molecule has 0 saturated heterocycles. The Balaban J connectivity index is 2.36. The van der Waals surface area contributed by atoms with Gasteiger partial charge in [0.05, 0.1) is 12.8 Å². The van der Waals surface area contributed by atoms with Crippen LogP contribution in [0.4, 0.5) is 0 Å². The van der Waals surface area contributed by atoms with Crippen LogP contribution in [0.15, 0.2) is 12.4 Å². The van der Waals surface area contributed by atoms with Gasteiger partial charge in [0.25, 0.3) is 0 Å². The van der Waals surface area contributed by atoms with Crippen molar-refractivity contribution in [1.29, 1.82) is 0 Å². The van der Waals surface area contributed by atoms with Crippen LogP contribution in [0.1, 0.15) is 32.3 Å². The van der Waals surface area contributed by atoms with Crippen molar-refractivity contribution in [1.82, 2.24) is 15.1 Å². The van der Waals surface area contributed by atoms with Gasteiger partial charge in [0.2, 0.25) is 0 Å². The molecule has 0 aliphatic rings. The second kappa shape index (κ2) is 6.58. The molecule has 1 rings (SSSR count). The highest BCUT2D eigenvalue weighted by atomic mass is 16.3. The van der Waals surface area contributed by atoms with E-state index in [1.165, 1.54) is 5.56 Å². The number of nitrogens with zero attached hydrogens (tertiary/aromatic N) is 2. The molecule has 0 radical (unpaired) electrons. The Hall–Kier alpha value is -0.870. The lowest BCUT2D eigenvalue weighted by Gasteiger charge is -2.12. The van der Waals surface area contributed by atoms with Gasteiger partial charge in [0, 0.05) is 30.9 Å². The molecule has 1 aromatic heterocycles. The van der Waals surface area contributed by atoms with Crippen LogP contribution in [0, 0.1) is 0 Å². The monoisotopic (exact) mass is 211 g/mol. The number of aromatic nitrogens is 2. The van der Waals surface area contributed by atoms with Gasteiger partial charge in [-0.3, -0.25) is 4.68 Å². The quantitative estimate of drug-likeness (QED) is 0.711. The van der Waals surface area contributed by atoms with E-state index in [1.807, 2.05) is 10.9 Å². The molecule has 2 N–H and O–H groups in total. The molecule has 1 aromatic rings. The Morgan fingerprint density at radius 3 is 2.93 bits per heavy atom. The first-order valence-electron chi connectivity index (χ1n) is 5.65. The number of hydrogen-bond donors (Lipinski definition) is 2. The molecule has 0 amide bonds. The van der Waals surface area contributed by atoms with Crippen molar-refractivity contribution in [2.45, 2.75) is 45.8 Å². The number of hydrogen-bond acceptors (Lipinski definition) is 3. The van der Waals surface area contributed by atoms with Crippen LogP contribution in [-0.2, 0) is 13.1 Å². The third kappa shape index (κ3) is 4.01. The lowest BCUT2D eigenvalue weighted by atomic mass is 10.2. The molecule has 0 fully saturated rings. The number of rotatable bonds is 7. The van der Waals surface area contributed by atoms with Crippen molar-refractivity contribution in [3.8, 4) is 0 Å². The molecule has 1 heterocycles. The highest BCUT2D eigenvalue weighted by Gasteiger charge is 2.04. The molecule has 4 nitrogen and oxygen atoms in total. The van der Waals surface area contributed by atoms with Crippen LogP contribution in [0.3, 0.4) is 0 Å².